The van der Waals surface area contributed by atoms with Crippen molar-refractivity contribution in [3.63, 3.8) is 0 Å². The van der Waals surface area contributed by atoms with Crippen molar-refractivity contribution >= 4 is 45.3 Å². The summed E-state index contributed by atoms with van der Waals surface area (Å²) in [6, 6.07) is 3.15. The van der Waals surface area contributed by atoms with E-state index in [9.17, 15) is 14.4 Å². The summed E-state index contributed by atoms with van der Waals surface area (Å²) in [6.45, 7) is 3.22. The van der Waals surface area contributed by atoms with Crippen molar-refractivity contribution in [1.82, 2.24) is 9.97 Å². The van der Waals surface area contributed by atoms with Crippen LogP contribution in [-0.2, 0) is 14.3 Å². The lowest BCUT2D eigenvalue weighted by Crippen LogP contribution is -2.14. The Morgan fingerprint density at radius 3 is 2.79 bits per heavy atom. The predicted octanol–water partition coefficient (Wildman–Crippen LogP) is 2.51. The zero-order valence-electron chi connectivity index (χ0n) is 15.5. The van der Waals surface area contributed by atoms with Gasteiger partial charge in [-0.2, -0.15) is 4.99 Å². The first kappa shape index (κ1) is 19.0. The first-order valence-corrected chi connectivity index (χ1v) is 8.45. The molecule has 2 heterocycles. The van der Waals surface area contributed by atoms with Crippen molar-refractivity contribution in [2.75, 3.05) is 19.0 Å². The first-order chi connectivity index (χ1) is 13.4. The van der Waals surface area contributed by atoms with E-state index in [1.165, 1.54) is 32.4 Å². The van der Waals surface area contributed by atoms with Crippen LogP contribution >= 0.6 is 0 Å². The number of hydrogen-bond acceptors (Lipinski definition) is 6. The normalized spacial score (nSPS) is 12.0. The summed E-state index contributed by atoms with van der Waals surface area (Å²) in [5.74, 6) is -0.627. The molecule has 0 aliphatic carbocycles. The second-order valence-electron chi connectivity index (χ2n) is 5.83. The second kappa shape index (κ2) is 7.87. The molecule has 2 N–H and O–H groups in total. The number of rotatable bonds is 5. The van der Waals surface area contributed by atoms with E-state index >= 15 is 0 Å². The molecule has 0 bridgehead atoms. The van der Waals surface area contributed by atoms with Crippen molar-refractivity contribution in [1.29, 1.82) is 0 Å². The van der Waals surface area contributed by atoms with E-state index in [4.69, 9.17) is 9.47 Å². The summed E-state index contributed by atoms with van der Waals surface area (Å²) in [6.07, 6.45) is 3.37. The zero-order valence-corrected chi connectivity index (χ0v) is 15.5. The maximum absolute atomic E-state index is 12.3. The molecule has 3 rings (SSSR count). The standard InChI is InChI=1S/C19H18N4O5/c1-4-28-19(26)23-13-8-14(21-10(2)24)18-16-11(9-20-17(13)16)7-12(22-18)15(25)5-6-27-3/h5-9,22H,4H2,1-3H3,(H,21,24)/b6-5-,23-13+. The van der Waals surface area contributed by atoms with Crippen molar-refractivity contribution < 1.29 is 23.9 Å². The van der Waals surface area contributed by atoms with E-state index in [0.717, 1.165) is 0 Å². The summed E-state index contributed by atoms with van der Waals surface area (Å²) in [5, 5.41) is 4.25. The Morgan fingerprint density at radius 2 is 2.11 bits per heavy atom. The smallest absolute Gasteiger partial charge is 0.434 e. The minimum atomic E-state index is -0.754. The Balaban J connectivity index is 2.30. The zero-order chi connectivity index (χ0) is 20.3. The monoisotopic (exact) mass is 382 g/mol. The third kappa shape index (κ3) is 3.68. The van der Waals surface area contributed by atoms with Crippen molar-refractivity contribution in [2.45, 2.75) is 13.8 Å². The minimum absolute atomic E-state index is 0.187. The van der Waals surface area contributed by atoms with Gasteiger partial charge < -0.3 is 19.8 Å². The Labute approximate surface area is 159 Å². The number of allylic oxidation sites excluding steroid dienone is 1. The molecule has 0 fully saturated rings. The molecule has 144 valence electrons. The van der Waals surface area contributed by atoms with Crippen LogP contribution in [0.5, 0.6) is 0 Å². The number of carbonyl (C=O) groups is 3. The number of H-pyrrole nitrogens is 1. The van der Waals surface area contributed by atoms with Gasteiger partial charge >= 0.3 is 6.09 Å². The quantitative estimate of drug-likeness (QED) is 0.397. The van der Waals surface area contributed by atoms with Crippen LogP contribution in [0.2, 0.25) is 0 Å². The average molecular weight is 382 g/mol. The van der Waals surface area contributed by atoms with Gasteiger partial charge in [-0.15, -0.1) is 0 Å². The molecule has 0 unspecified atom stereocenters. The number of ketones is 1. The third-order valence-corrected chi connectivity index (χ3v) is 3.87. The van der Waals surface area contributed by atoms with Crippen molar-refractivity contribution in [3.05, 3.63) is 41.7 Å². The fourth-order valence-electron chi connectivity index (χ4n) is 2.81. The van der Waals surface area contributed by atoms with Gasteiger partial charge in [0.05, 0.1) is 47.8 Å². The fraction of sp³-hybridized carbons (Fsp3) is 0.211. The molecule has 0 aliphatic heterocycles. The highest BCUT2D eigenvalue weighted by atomic mass is 16.5. The molecular weight excluding hydrogens is 364 g/mol. The first-order valence-electron chi connectivity index (χ1n) is 8.45. The van der Waals surface area contributed by atoms with E-state index in [0.29, 0.717) is 27.5 Å². The van der Waals surface area contributed by atoms with E-state index in [1.54, 1.807) is 19.2 Å². The number of hydrogen-bond donors (Lipinski definition) is 2. The van der Waals surface area contributed by atoms with Gasteiger partial charge in [0.1, 0.15) is 0 Å². The summed E-state index contributed by atoms with van der Waals surface area (Å²) in [5.41, 5.74) is 1.61. The van der Waals surface area contributed by atoms with Crippen LogP contribution in [0, 0.1) is 0 Å². The van der Waals surface area contributed by atoms with E-state index in [-0.39, 0.29) is 29.3 Å². The average Bonchev–Trinajstić information content (AvgIpc) is 3.07. The number of aromatic amines is 1. The van der Waals surface area contributed by atoms with Gasteiger partial charge in [-0.05, 0) is 19.1 Å². The Morgan fingerprint density at radius 1 is 1.32 bits per heavy atom. The van der Waals surface area contributed by atoms with Crippen LogP contribution in [0.4, 0.5) is 10.5 Å². The number of anilines is 1. The SMILES string of the molecule is CCOC(=O)/N=c1\cc(NC(C)=O)c2[nH]c(C(=O)/C=C\OC)cc3cnc1c32. The Kier molecular flexibility index (Phi) is 5.35. The molecule has 0 spiro atoms. The Hall–Kier alpha value is -3.75. The minimum Gasteiger partial charge on any atom is -0.504 e. The molecule has 9 heteroatoms. The molecule has 2 amide bonds. The van der Waals surface area contributed by atoms with Gasteiger partial charge in [-0.25, -0.2) is 4.79 Å². The molecule has 0 saturated carbocycles. The van der Waals surface area contributed by atoms with Crippen LogP contribution in [0.3, 0.4) is 0 Å². The molecule has 0 radical (unpaired) electrons. The number of pyridine rings is 1. The topological polar surface area (TPSA) is 123 Å². The highest BCUT2D eigenvalue weighted by Crippen LogP contribution is 2.29. The van der Waals surface area contributed by atoms with Crippen LogP contribution < -0.4 is 10.7 Å². The lowest BCUT2D eigenvalue weighted by molar-refractivity contribution is -0.114. The maximum Gasteiger partial charge on any atom is 0.434 e. The van der Waals surface area contributed by atoms with Gasteiger partial charge in [0, 0.05) is 30.0 Å². The highest BCUT2D eigenvalue weighted by Gasteiger charge is 2.17. The van der Waals surface area contributed by atoms with Crippen molar-refractivity contribution in [3.8, 4) is 0 Å². The summed E-state index contributed by atoms with van der Waals surface area (Å²) >= 11 is 0. The number of amides is 2. The van der Waals surface area contributed by atoms with Crippen LogP contribution in [-0.4, -0.2) is 41.5 Å². The van der Waals surface area contributed by atoms with Crippen LogP contribution in [0.25, 0.3) is 21.8 Å². The molecule has 1 aromatic carbocycles. The molecule has 3 aromatic rings. The predicted molar refractivity (Wildman–Crippen MR) is 102 cm³/mol. The van der Waals surface area contributed by atoms with E-state index in [1.807, 2.05) is 0 Å². The third-order valence-electron chi connectivity index (χ3n) is 3.87. The van der Waals surface area contributed by atoms with Gasteiger partial charge in [0.15, 0.2) is 0 Å². The largest absolute Gasteiger partial charge is 0.504 e. The van der Waals surface area contributed by atoms with Gasteiger partial charge in [0.25, 0.3) is 0 Å². The molecule has 0 atom stereocenters. The number of nitrogens with zero attached hydrogens (tertiary/aromatic N) is 2. The molecular formula is C19H18N4O5. The lowest BCUT2D eigenvalue weighted by Gasteiger charge is -2.10. The number of ether oxygens (including phenoxy) is 2. The second-order valence-corrected chi connectivity index (χ2v) is 5.83. The number of benzene rings is 1. The molecule has 2 aromatic heterocycles. The lowest BCUT2D eigenvalue weighted by atomic mass is 10.1. The summed E-state index contributed by atoms with van der Waals surface area (Å²) in [7, 11) is 1.44. The Bertz CT molecular complexity index is 1160. The summed E-state index contributed by atoms with van der Waals surface area (Å²) in [4.78, 5) is 47.1. The van der Waals surface area contributed by atoms with E-state index < -0.39 is 6.09 Å². The summed E-state index contributed by atoms with van der Waals surface area (Å²) < 4.78 is 9.65. The molecule has 0 aliphatic rings. The number of methoxy groups -OCH3 is 1. The number of aromatic nitrogens is 2. The van der Waals surface area contributed by atoms with E-state index in [2.05, 4.69) is 20.3 Å². The number of nitrogens with one attached hydrogen (secondary N) is 2. The number of carbonyl (C=O) groups excluding carboxylic acids is 3. The fourth-order valence-corrected chi connectivity index (χ4v) is 2.81. The van der Waals surface area contributed by atoms with Gasteiger partial charge in [0.2, 0.25) is 11.7 Å². The molecule has 0 saturated heterocycles. The maximum atomic E-state index is 12.3. The van der Waals surface area contributed by atoms with Gasteiger partial charge in [-0.1, -0.05) is 0 Å². The van der Waals surface area contributed by atoms with Crippen LogP contribution in [0.1, 0.15) is 24.3 Å². The van der Waals surface area contributed by atoms with Gasteiger partial charge in [-0.3, -0.25) is 14.6 Å². The molecule has 28 heavy (non-hydrogen) atoms. The van der Waals surface area contributed by atoms with Crippen LogP contribution in [0.15, 0.2) is 35.7 Å². The van der Waals surface area contributed by atoms with Crippen molar-refractivity contribution in [2.24, 2.45) is 4.99 Å². The highest BCUT2D eigenvalue weighted by molar-refractivity contribution is 6.16. The molecule has 9 nitrogen and oxygen atoms in total.